The first-order valence-electron chi connectivity index (χ1n) is 7.18. The molecule has 1 aromatic heterocycles. The Morgan fingerprint density at radius 3 is 2.64 bits per heavy atom. The van der Waals surface area contributed by atoms with Crippen LogP contribution in [0.2, 0.25) is 0 Å². The van der Waals surface area contributed by atoms with Crippen molar-refractivity contribution < 1.29 is 9.53 Å². The molecule has 2 aromatic rings. The summed E-state index contributed by atoms with van der Waals surface area (Å²) in [5, 5.41) is 4.11. The summed E-state index contributed by atoms with van der Waals surface area (Å²) in [6.07, 6.45) is 4.09. The van der Waals surface area contributed by atoms with Gasteiger partial charge in [-0.3, -0.25) is 9.78 Å². The minimum atomic E-state index is -0.282. The molecule has 5 heteroatoms. The van der Waals surface area contributed by atoms with Crippen LogP contribution >= 0.6 is 0 Å². The van der Waals surface area contributed by atoms with Gasteiger partial charge in [0, 0.05) is 12.4 Å². The molecule has 0 unspecified atom stereocenters. The average Bonchev–Trinajstić information content (AvgIpc) is 2.58. The number of nitrogens with one attached hydrogen (secondary N) is 1. The maximum absolute atomic E-state index is 11.9. The SMILES string of the molecule is CCCOc1ccc(C(C)=NNC(=O)c2cccnc2)cc1. The second kappa shape index (κ2) is 7.93. The van der Waals surface area contributed by atoms with Crippen LogP contribution in [-0.4, -0.2) is 23.2 Å². The Hall–Kier alpha value is -2.69. The molecule has 0 saturated carbocycles. The van der Waals surface area contributed by atoms with E-state index in [0.29, 0.717) is 12.2 Å². The van der Waals surface area contributed by atoms with Crippen LogP contribution in [0.1, 0.15) is 36.2 Å². The summed E-state index contributed by atoms with van der Waals surface area (Å²) in [6, 6.07) is 11.0. The molecule has 0 aliphatic heterocycles. The fraction of sp³-hybridized carbons (Fsp3) is 0.235. The first-order valence-corrected chi connectivity index (χ1v) is 7.18. The van der Waals surface area contributed by atoms with Crippen LogP contribution in [0.3, 0.4) is 0 Å². The van der Waals surface area contributed by atoms with Crippen LogP contribution in [-0.2, 0) is 0 Å². The van der Waals surface area contributed by atoms with Crippen molar-refractivity contribution in [3.8, 4) is 5.75 Å². The van der Waals surface area contributed by atoms with E-state index in [0.717, 1.165) is 23.4 Å². The van der Waals surface area contributed by atoms with Gasteiger partial charge in [0.05, 0.1) is 17.9 Å². The minimum Gasteiger partial charge on any atom is -0.494 e. The summed E-state index contributed by atoms with van der Waals surface area (Å²) in [4.78, 5) is 15.8. The Morgan fingerprint density at radius 1 is 1.23 bits per heavy atom. The van der Waals surface area contributed by atoms with E-state index in [9.17, 15) is 4.79 Å². The Labute approximate surface area is 130 Å². The van der Waals surface area contributed by atoms with Gasteiger partial charge < -0.3 is 4.74 Å². The summed E-state index contributed by atoms with van der Waals surface area (Å²) in [6.45, 7) is 4.61. The maximum Gasteiger partial charge on any atom is 0.272 e. The van der Waals surface area contributed by atoms with Gasteiger partial charge in [0.1, 0.15) is 5.75 Å². The van der Waals surface area contributed by atoms with Gasteiger partial charge in [-0.25, -0.2) is 5.43 Å². The molecule has 1 amide bonds. The van der Waals surface area contributed by atoms with Gasteiger partial charge in [0.2, 0.25) is 0 Å². The van der Waals surface area contributed by atoms with Crippen molar-refractivity contribution in [2.24, 2.45) is 5.10 Å². The molecule has 1 heterocycles. The summed E-state index contributed by atoms with van der Waals surface area (Å²) in [7, 11) is 0. The predicted molar refractivity (Wildman–Crippen MR) is 86.1 cm³/mol. The monoisotopic (exact) mass is 297 g/mol. The molecule has 2 rings (SSSR count). The number of ether oxygens (including phenoxy) is 1. The standard InChI is InChI=1S/C17H19N3O2/c1-3-11-22-16-8-6-14(7-9-16)13(2)19-20-17(21)15-5-4-10-18-12-15/h4-10,12H,3,11H2,1-2H3,(H,20,21). The van der Waals surface area contributed by atoms with E-state index < -0.39 is 0 Å². The average molecular weight is 297 g/mol. The number of pyridine rings is 1. The molecule has 0 spiro atoms. The summed E-state index contributed by atoms with van der Waals surface area (Å²) in [5.41, 5.74) is 4.65. The molecule has 0 aliphatic carbocycles. The van der Waals surface area contributed by atoms with E-state index in [4.69, 9.17) is 4.74 Å². The number of benzene rings is 1. The summed E-state index contributed by atoms with van der Waals surface area (Å²) in [5.74, 6) is 0.549. The zero-order valence-corrected chi connectivity index (χ0v) is 12.7. The number of aromatic nitrogens is 1. The van der Waals surface area contributed by atoms with Crippen molar-refractivity contribution in [1.29, 1.82) is 0 Å². The Kier molecular flexibility index (Phi) is 5.65. The molecule has 0 bridgehead atoms. The van der Waals surface area contributed by atoms with Crippen molar-refractivity contribution >= 4 is 11.6 Å². The number of hydrogen-bond acceptors (Lipinski definition) is 4. The van der Waals surface area contributed by atoms with Gasteiger partial charge in [-0.15, -0.1) is 0 Å². The summed E-state index contributed by atoms with van der Waals surface area (Å²) >= 11 is 0. The molecule has 22 heavy (non-hydrogen) atoms. The lowest BCUT2D eigenvalue weighted by atomic mass is 10.1. The van der Waals surface area contributed by atoms with Crippen molar-refractivity contribution in [3.05, 3.63) is 59.9 Å². The topological polar surface area (TPSA) is 63.6 Å². The number of amides is 1. The maximum atomic E-state index is 11.9. The van der Waals surface area contributed by atoms with E-state index in [1.54, 1.807) is 18.3 Å². The number of carbonyl (C=O) groups excluding carboxylic acids is 1. The second-order valence-corrected chi connectivity index (χ2v) is 4.75. The van der Waals surface area contributed by atoms with E-state index in [1.165, 1.54) is 6.20 Å². The fourth-order valence-corrected chi connectivity index (χ4v) is 1.77. The molecule has 0 aliphatic rings. The Balaban J connectivity index is 1.98. The van der Waals surface area contributed by atoms with Crippen molar-refractivity contribution in [1.82, 2.24) is 10.4 Å². The number of rotatable bonds is 6. The van der Waals surface area contributed by atoms with E-state index >= 15 is 0 Å². The number of nitrogens with zero attached hydrogens (tertiary/aromatic N) is 2. The van der Waals surface area contributed by atoms with Gasteiger partial charge >= 0.3 is 0 Å². The molecular weight excluding hydrogens is 278 g/mol. The Morgan fingerprint density at radius 2 is 2.00 bits per heavy atom. The smallest absolute Gasteiger partial charge is 0.272 e. The van der Waals surface area contributed by atoms with Crippen molar-refractivity contribution in [2.45, 2.75) is 20.3 Å². The molecule has 0 atom stereocenters. The molecule has 5 nitrogen and oxygen atoms in total. The van der Waals surface area contributed by atoms with Gasteiger partial charge in [-0.1, -0.05) is 6.92 Å². The Bertz CT molecular complexity index is 637. The van der Waals surface area contributed by atoms with Crippen LogP contribution in [0.4, 0.5) is 0 Å². The van der Waals surface area contributed by atoms with Crippen LogP contribution in [0.25, 0.3) is 0 Å². The largest absolute Gasteiger partial charge is 0.494 e. The normalized spacial score (nSPS) is 11.1. The highest BCUT2D eigenvalue weighted by Crippen LogP contribution is 2.13. The zero-order valence-electron chi connectivity index (χ0n) is 12.7. The van der Waals surface area contributed by atoms with Crippen LogP contribution < -0.4 is 10.2 Å². The second-order valence-electron chi connectivity index (χ2n) is 4.75. The number of hydrazone groups is 1. The minimum absolute atomic E-state index is 0.282. The van der Waals surface area contributed by atoms with E-state index in [-0.39, 0.29) is 5.91 Å². The molecule has 0 fully saturated rings. The van der Waals surface area contributed by atoms with Gasteiger partial charge in [-0.05, 0) is 55.3 Å². The quantitative estimate of drug-likeness (QED) is 0.658. The highest BCUT2D eigenvalue weighted by molar-refractivity contribution is 6.00. The molecule has 1 aromatic carbocycles. The first kappa shape index (κ1) is 15.7. The molecule has 114 valence electrons. The summed E-state index contributed by atoms with van der Waals surface area (Å²) < 4.78 is 5.53. The molecule has 1 N–H and O–H groups in total. The van der Waals surface area contributed by atoms with Crippen molar-refractivity contribution in [2.75, 3.05) is 6.61 Å². The zero-order chi connectivity index (χ0) is 15.8. The van der Waals surface area contributed by atoms with E-state index in [2.05, 4.69) is 22.4 Å². The van der Waals surface area contributed by atoms with Gasteiger partial charge in [0.15, 0.2) is 0 Å². The third-order valence-electron chi connectivity index (χ3n) is 2.99. The lowest BCUT2D eigenvalue weighted by Gasteiger charge is -2.06. The third kappa shape index (κ3) is 4.41. The van der Waals surface area contributed by atoms with Gasteiger partial charge in [0.25, 0.3) is 5.91 Å². The van der Waals surface area contributed by atoms with Crippen LogP contribution in [0.5, 0.6) is 5.75 Å². The van der Waals surface area contributed by atoms with Crippen LogP contribution in [0.15, 0.2) is 53.9 Å². The lowest BCUT2D eigenvalue weighted by Crippen LogP contribution is -2.19. The fourth-order valence-electron chi connectivity index (χ4n) is 1.77. The number of hydrogen-bond donors (Lipinski definition) is 1. The van der Waals surface area contributed by atoms with Gasteiger partial charge in [-0.2, -0.15) is 5.10 Å². The predicted octanol–water partition coefficient (Wildman–Crippen LogP) is 3.02. The van der Waals surface area contributed by atoms with E-state index in [1.807, 2.05) is 31.2 Å². The third-order valence-corrected chi connectivity index (χ3v) is 2.99. The number of carbonyl (C=O) groups is 1. The van der Waals surface area contributed by atoms with Crippen molar-refractivity contribution in [3.63, 3.8) is 0 Å². The van der Waals surface area contributed by atoms with Crippen LogP contribution in [0, 0.1) is 0 Å². The highest BCUT2D eigenvalue weighted by Gasteiger charge is 2.04. The highest BCUT2D eigenvalue weighted by atomic mass is 16.5. The molecule has 0 radical (unpaired) electrons. The first-order chi connectivity index (χ1) is 10.7. The molecule has 0 saturated heterocycles. The lowest BCUT2D eigenvalue weighted by molar-refractivity contribution is 0.0954. The molecular formula is C17H19N3O2.